The van der Waals surface area contributed by atoms with E-state index in [2.05, 4.69) is 17.2 Å². The third-order valence-corrected chi connectivity index (χ3v) is 2.46. The van der Waals surface area contributed by atoms with Crippen molar-refractivity contribution in [1.29, 1.82) is 5.26 Å². The highest BCUT2D eigenvalue weighted by Gasteiger charge is 2.10. The average Bonchev–Trinajstić information content (AvgIpc) is 2.39. The number of carbonyl (C=O) groups is 2. The van der Waals surface area contributed by atoms with Crippen LogP contribution in [0.5, 0.6) is 0 Å². The van der Waals surface area contributed by atoms with Crippen molar-refractivity contribution >= 4 is 11.7 Å². The lowest BCUT2D eigenvalue weighted by molar-refractivity contribution is -0.117. The molecule has 0 radical (unpaired) electrons. The number of hydrogen-bond donors (Lipinski definition) is 2. The second-order valence-corrected chi connectivity index (χ2v) is 3.75. The number of ketones is 1. The summed E-state index contributed by atoms with van der Waals surface area (Å²) in [5.74, 6) is -0.459. The normalized spacial score (nSPS) is 11.5. The zero-order chi connectivity index (χ0) is 14.8. The van der Waals surface area contributed by atoms with Gasteiger partial charge < -0.3 is 10.6 Å². The van der Waals surface area contributed by atoms with Crippen molar-refractivity contribution in [1.82, 2.24) is 10.6 Å². The molecule has 5 heteroatoms. The standard InChI is InChI=1S/C14H19N3O2/c1-5-12(13(6-2)11(4)18)9-17-10(3)14(19)16-8-7-15/h5-6,17H,3,8-9H2,1-2,4H3,(H,16,19)/b12-5-,13-6-. The van der Waals surface area contributed by atoms with E-state index in [1.54, 1.807) is 19.1 Å². The summed E-state index contributed by atoms with van der Waals surface area (Å²) in [6.45, 7) is 8.94. The Balaban J connectivity index is 4.54. The Morgan fingerprint density at radius 3 is 2.32 bits per heavy atom. The van der Waals surface area contributed by atoms with Crippen molar-refractivity contribution < 1.29 is 9.59 Å². The highest BCUT2D eigenvalue weighted by Crippen LogP contribution is 2.10. The van der Waals surface area contributed by atoms with Gasteiger partial charge in [-0.15, -0.1) is 0 Å². The summed E-state index contributed by atoms with van der Waals surface area (Å²) in [7, 11) is 0. The molecule has 0 saturated heterocycles. The predicted molar refractivity (Wildman–Crippen MR) is 74.0 cm³/mol. The van der Waals surface area contributed by atoms with E-state index in [9.17, 15) is 9.59 Å². The number of rotatable bonds is 7. The molecule has 0 atom stereocenters. The number of nitrogens with zero attached hydrogens (tertiary/aromatic N) is 1. The van der Waals surface area contributed by atoms with Gasteiger partial charge in [-0.1, -0.05) is 18.7 Å². The van der Waals surface area contributed by atoms with Crippen LogP contribution in [-0.4, -0.2) is 24.8 Å². The third kappa shape index (κ3) is 5.68. The van der Waals surface area contributed by atoms with E-state index in [0.717, 1.165) is 5.57 Å². The van der Waals surface area contributed by atoms with Gasteiger partial charge in [-0.3, -0.25) is 9.59 Å². The Kier molecular flexibility index (Phi) is 7.62. The van der Waals surface area contributed by atoms with Gasteiger partial charge in [-0.25, -0.2) is 0 Å². The summed E-state index contributed by atoms with van der Waals surface area (Å²) in [5.41, 5.74) is 1.57. The Morgan fingerprint density at radius 2 is 1.89 bits per heavy atom. The fourth-order valence-corrected chi connectivity index (χ4v) is 1.48. The molecule has 0 rings (SSSR count). The molecule has 19 heavy (non-hydrogen) atoms. The molecule has 0 bridgehead atoms. The molecule has 102 valence electrons. The zero-order valence-corrected chi connectivity index (χ0v) is 11.5. The van der Waals surface area contributed by atoms with Crippen LogP contribution in [0.1, 0.15) is 20.8 Å². The van der Waals surface area contributed by atoms with E-state index in [0.29, 0.717) is 12.1 Å². The molecule has 0 aliphatic carbocycles. The van der Waals surface area contributed by atoms with Crippen LogP contribution >= 0.6 is 0 Å². The Labute approximate surface area is 113 Å². The molecule has 1 amide bonds. The fraction of sp³-hybridized carbons (Fsp3) is 0.357. The van der Waals surface area contributed by atoms with Crippen molar-refractivity contribution in [3.05, 3.63) is 35.6 Å². The van der Waals surface area contributed by atoms with Crippen LogP contribution in [0.2, 0.25) is 0 Å². The first-order chi connectivity index (χ1) is 8.97. The summed E-state index contributed by atoms with van der Waals surface area (Å²) in [5, 5.41) is 13.6. The first-order valence-corrected chi connectivity index (χ1v) is 5.88. The smallest absolute Gasteiger partial charge is 0.267 e. The van der Waals surface area contributed by atoms with Gasteiger partial charge in [0.05, 0.1) is 11.8 Å². The summed E-state index contributed by atoms with van der Waals surface area (Å²) in [6.07, 6.45) is 3.54. The highest BCUT2D eigenvalue weighted by molar-refractivity contribution is 5.98. The second kappa shape index (κ2) is 8.70. The molecule has 0 saturated carbocycles. The highest BCUT2D eigenvalue weighted by atomic mass is 16.2. The summed E-state index contributed by atoms with van der Waals surface area (Å²) < 4.78 is 0. The number of nitriles is 1. The van der Waals surface area contributed by atoms with Gasteiger partial charge in [0.2, 0.25) is 0 Å². The monoisotopic (exact) mass is 261 g/mol. The molecule has 0 aromatic rings. The molecule has 0 fully saturated rings. The van der Waals surface area contributed by atoms with Gasteiger partial charge in [-0.05, 0) is 26.3 Å². The molecule has 0 aliphatic rings. The third-order valence-electron chi connectivity index (χ3n) is 2.46. The van der Waals surface area contributed by atoms with Crippen molar-refractivity contribution in [2.24, 2.45) is 0 Å². The maximum absolute atomic E-state index is 11.5. The molecule has 0 aromatic carbocycles. The van der Waals surface area contributed by atoms with Gasteiger partial charge in [0.1, 0.15) is 6.54 Å². The Morgan fingerprint density at radius 1 is 1.26 bits per heavy atom. The number of carbonyl (C=O) groups excluding carboxylic acids is 2. The largest absolute Gasteiger partial charge is 0.377 e. The first kappa shape index (κ1) is 16.6. The fourth-order valence-electron chi connectivity index (χ4n) is 1.48. The minimum Gasteiger partial charge on any atom is -0.377 e. The van der Waals surface area contributed by atoms with Crippen LogP contribution in [0, 0.1) is 11.3 Å². The van der Waals surface area contributed by atoms with E-state index in [-0.39, 0.29) is 18.0 Å². The lowest BCUT2D eigenvalue weighted by Gasteiger charge is -2.12. The first-order valence-electron chi connectivity index (χ1n) is 5.88. The van der Waals surface area contributed by atoms with Gasteiger partial charge in [0, 0.05) is 12.1 Å². The number of Topliss-reactive ketones (excluding diaryl/α,β-unsaturated/α-hetero) is 1. The van der Waals surface area contributed by atoms with Crippen molar-refractivity contribution in [2.45, 2.75) is 20.8 Å². The second-order valence-electron chi connectivity index (χ2n) is 3.75. The van der Waals surface area contributed by atoms with Gasteiger partial charge in [0.25, 0.3) is 5.91 Å². The van der Waals surface area contributed by atoms with E-state index in [1.807, 2.05) is 13.0 Å². The summed E-state index contributed by atoms with van der Waals surface area (Å²) in [6, 6.07) is 1.81. The van der Waals surface area contributed by atoms with Crippen LogP contribution in [-0.2, 0) is 9.59 Å². The molecule has 0 heterocycles. The van der Waals surface area contributed by atoms with E-state index in [4.69, 9.17) is 5.26 Å². The number of allylic oxidation sites excluding steroid dienone is 2. The van der Waals surface area contributed by atoms with Gasteiger partial charge in [0.15, 0.2) is 5.78 Å². The molecule has 0 spiro atoms. The Hall–Kier alpha value is -2.35. The van der Waals surface area contributed by atoms with Crippen LogP contribution in [0.3, 0.4) is 0 Å². The maximum atomic E-state index is 11.5. The minimum absolute atomic E-state index is 0.0306. The average molecular weight is 261 g/mol. The van der Waals surface area contributed by atoms with Gasteiger partial charge in [-0.2, -0.15) is 5.26 Å². The molecule has 5 nitrogen and oxygen atoms in total. The minimum atomic E-state index is -0.429. The SMILES string of the molecule is C=C(NCC(=C/C)/C(=C\C)C(C)=O)C(=O)NCC#N. The lowest BCUT2D eigenvalue weighted by Crippen LogP contribution is -2.32. The lowest BCUT2D eigenvalue weighted by atomic mass is 10.0. The number of amides is 1. The van der Waals surface area contributed by atoms with Crippen LogP contribution in [0.4, 0.5) is 0 Å². The topological polar surface area (TPSA) is 82.0 Å². The van der Waals surface area contributed by atoms with Crippen molar-refractivity contribution in [3.63, 3.8) is 0 Å². The molecular weight excluding hydrogens is 242 g/mol. The summed E-state index contributed by atoms with van der Waals surface area (Å²) in [4.78, 5) is 22.9. The van der Waals surface area contributed by atoms with E-state index < -0.39 is 5.91 Å². The predicted octanol–water partition coefficient (Wildman–Crippen LogP) is 1.21. The van der Waals surface area contributed by atoms with Crippen LogP contribution in [0.25, 0.3) is 0 Å². The van der Waals surface area contributed by atoms with Crippen molar-refractivity contribution in [2.75, 3.05) is 13.1 Å². The Bertz CT molecular complexity index is 468. The van der Waals surface area contributed by atoms with E-state index in [1.165, 1.54) is 6.92 Å². The quantitative estimate of drug-likeness (QED) is 0.410. The summed E-state index contributed by atoms with van der Waals surface area (Å²) >= 11 is 0. The molecule has 0 aliphatic heterocycles. The van der Waals surface area contributed by atoms with E-state index >= 15 is 0 Å². The number of hydrogen-bond acceptors (Lipinski definition) is 4. The number of nitrogens with one attached hydrogen (secondary N) is 2. The molecule has 0 aromatic heterocycles. The maximum Gasteiger partial charge on any atom is 0.267 e. The van der Waals surface area contributed by atoms with Crippen molar-refractivity contribution in [3.8, 4) is 6.07 Å². The molecule has 2 N–H and O–H groups in total. The molecule has 0 unspecified atom stereocenters. The zero-order valence-electron chi connectivity index (χ0n) is 11.5. The van der Waals surface area contributed by atoms with Crippen LogP contribution in [0.15, 0.2) is 35.6 Å². The molecular formula is C14H19N3O2. The van der Waals surface area contributed by atoms with Gasteiger partial charge >= 0.3 is 0 Å². The van der Waals surface area contributed by atoms with Crippen LogP contribution < -0.4 is 10.6 Å².